The third-order valence-electron chi connectivity index (χ3n) is 29.5. The van der Waals surface area contributed by atoms with Crippen molar-refractivity contribution in [2.75, 3.05) is 0 Å². The van der Waals surface area contributed by atoms with Gasteiger partial charge in [0.1, 0.15) is 11.2 Å². The molecule has 0 aliphatic heterocycles. The zero-order valence-corrected chi connectivity index (χ0v) is 81.4. The maximum absolute atomic E-state index is 6.35. The van der Waals surface area contributed by atoms with Gasteiger partial charge >= 0.3 is 0 Å². The van der Waals surface area contributed by atoms with Crippen molar-refractivity contribution in [3.05, 3.63) is 528 Å². The molecule has 0 saturated carbocycles. The van der Waals surface area contributed by atoms with E-state index < -0.39 is 0 Å². The number of benzene rings is 24. The molecule has 0 fully saturated rings. The lowest BCUT2D eigenvalue weighted by Gasteiger charge is -2.16. The van der Waals surface area contributed by atoms with Crippen molar-refractivity contribution < 1.29 is 4.42 Å². The number of rotatable bonds is 12. The first-order chi connectivity index (χ1) is 72.8. The summed E-state index contributed by atoms with van der Waals surface area (Å²) in [7, 11) is 0. The lowest BCUT2D eigenvalue weighted by molar-refractivity contribution is 0.669. The van der Waals surface area contributed by atoms with Crippen molar-refractivity contribution in [2.24, 2.45) is 0 Å². The minimum absolute atomic E-state index is 0.900. The lowest BCUT2D eigenvalue weighted by Crippen LogP contribution is -1.92. The van der Waals surface area contributed by atoms with Crippen LogP contribution in [-0.2, 0) is 0 Å². The number of pyridine rings is 3. The van der Waals surface area contributed by atoms with Gasteiger partial charge in [-0.25, -0.2) is 15.0 Å². The summed E-state index contributed by atoms with van der Waals surface area (Å²) in [5, 5.41) is 30.1. The fourth-order valence-corrected chi connectivity index (χ4v) is 24.8. The Kier molecular flexibility index (Phi) is 21.3. The molecule has 0 amide bonds. The predicted octanol–water partition coefficient (Wildman–Crippen LogP) is 40.3. The fraction of sp³-hybridized carbons (Fsp3) is 0. The molecule has 0 aliphatic carbocycles. The van der Waals surface area contributed by atoms with Crippen molar-refractivity contribution >= 4 is 182 Å². The van der Waals surface area contributed by atoms with Crippen LogP contribution in [0.4, 0.5) is 0 Å². The Bertz CT molecular complexity index is 9920. The summed E-state index contributed by atoms with van der Waals surface area (Å²) in [6, 6.07) is 190. The van der Waals surface area contributed by atoms with E-state index in [0.717, 1.165) is 112 Å². The highest BCUT2D eigenvalue weighted by Crippen LogP contribution is 2.50. The normalized spacial score (nSPS) is 11.7. The Labute approximate surface area is 856 Å². The zero-order valence-electron chi connectivity index (χ0n) is 79.8. The number of thiophene rings is 2. The molecule has 30 aromatic rings. The van der Waals surface area contributed by atoms with Crippen LogP contribution in [0.2, 0.25) is 0 Å². The molecule has 684 valence electrons. The summed E-state index contributed by atoms with van der Waals surface area (Å²) in [6.07, 6.45) is 0. The van der Waals surface area contributed by atoms with Crippen LogP contribution in [0.5, 0.6) is 0 Å². The maximum atomic E-state index is 6.35. The van der Waals surface area contributed by atoms with Crippen LogP contribution in [0.3, 0.4) is 0 Å². The lowest BCUT2D eigenvalue weighted by atomic mass is 9.88. The van der Waals surface area contributed by atoms with Crippen molar-refractivity contribution in [3.8, 4) is 134 Å². The number of para-hydroxylation sites is 1. The van der Waals surface area contributed by atoms with Crippen molar-refractivity contribution in [3.63, 3.8) is 0 Å². The molecule has 6 aromatic heterocycles. The maximum Gasteiger partial charge on any atom is 0.136 e. The van der Waals surface area contributed by atoms with E-state index >= 15 is 0 Å². The van der Waals surface area contributed by atoms with E-state index in [-0.39, 0.29) is 0 Å². The fourth-order valence-electron chi connectivity index (χ4n) is 22.6. The molecule has 30 rings (SSSR count). The number of nitrogens with zero attached hydrogens (tertiary/aromatic N) is 3. The molecule has 0 aliphatic rings. The van der Waals surface area contributed by atoms with Crippen LogP contribution in [-0.4, -0.2) is 15.0 Å². The van der Waals surface area contributed by atoms with Crippen molar-refractivity contribution in [1.29, 1.82) is 0 Å². The minimum atomic E-state index is 0.900. The van der Waals surface area contributed by atoms with Gasteiger partial charge in [0.05, 0.1) is 34.2 Å². The van der Waals surface area contributed by atoms with Crippen molar-refractivity contribution in [1.82, 2.24) is 15.0 Å². The molecule has 0 unspecified atom stereocenters. The van der Waals surface area contributed by atoms with E-state index in [0.29, 0.717) is 0 Å². The molecule has 0 radical (unpaired) electrons. The van der Waals surface area contributed by atoms with E-state index in [1.165, 1.54) is 182 Å². The molecule has 147 heavy (non-hydrogen) atoms. The summed E-state index contributed by atoms with van der Waals surface area (Å²) in [6.45, 7) is 0. The van der Waals surface area contributed by atoms with Gasteiger partial charge in [-0.05, 0) is 267 Å². The molecule has 0 saturated heterocycles. The molecule has 0 atom stereocenters. The SMILES string of the molecule is c1ccc(-c2cc(-c3ccccc3)nc(-c3ccc4c5ccccc5c5cccc(-c6ccc7c(c6)oc6ccccc67)c5c4c3)c2)cc1.c1ccc(-c2cc(-c3ccccc3)nc(-c3ccc4c5ccccc5c5cccc(-c6ccc7c(c6)sc6ccccc67)c5c4c3)c2)cc1.c1ccc(-c2cc(-c3ccccc3)nc(-c3ccc4c5ccccc5c5cccc(-c6ccc7sc8ccccc8c7c6)c5c4c3)c2)cc1. The van der Waals surface area contributed by atoms with Crippen molar-refractivity contribution in [2.45, 2.75) is 0 Å². The highest BCUT2D eigenvalue weighted by Gasteiger charge is 2.24. The van der Waals surface area contributed by atoms with E-state index in [9.17, 15) is 0 Å². The van der Waals surface area contributed by atoms with Gasteiger partial charge in [0.15, 0.2) is 0 Å². The second kappa shape index (κ2) is 36.4. The van der Waals surface area contributed by atoms with E-state index in [4.69, 9.17) is 19.4 Å². The summed E-state index contributed by atoms with van der Waals surface area (Å²) in [5.74, 6) is 0. The highest BCUT2D eigenvalue weighted by atomic mass is 32.1. The Morgan fingerprint density at radius 1 is 0.122 bits per heavy atom. The van der Waals surface area contributed by atoms with Gasteiger partial charge in [0.2, 0.25) is 0 Å². The molecule has 4 nitrogen and oxygen atoms in total. The van der Waals surface area contributed by atoms with Crippen LogP contribution >= 0.6 is 22.7 Å². The second-order valence-corrected chi connectivity index (χ2v) is 40.3. The molecule has 6 heterocycles. The summed E-state index contributed by atoms with van der Waals surface area (Å²) < 4.78 is 11.6. The first-order valence-corrected chi connectivity index (χ1v) is 51.8. The molecule has 24 aromatic carbocycles. The first kappa shape index (κ1) is 86.2. The number of hydrogen-bond acceptors (Lipinski definition) is 6. The van der Waals surface area contributed by atoms with Gasteiger partial charge in [-0.15, -0.1) is 22.7 Å². The molecular formula is C141H87N3OS2. The number of furan rings is 1. The topological polar surface area (TPSA) is 51.8 Å². The van der Waals surface area contributed by atoms with E-state index in [1.54, 1.807) is 0 Å². The molecule has 0 bridgehead atoms. The number of aromatic nitrogens is 3. The standard InChI is InChI=1S/C47H29NO.2C47H29NS/c2*1-3-12-30(13-4-1)34-27-43(31-14-5-2-6-15-31)48-44(28-34)33-23-24-38-36-16-7-8-17-37(36)41-20-11-19-35(47(41)42(38)26-33)32-22-25-40-39-18-9-10-21-45(39)49-46(40)29-32;1-3-12-30(13-4-1)34-28-43(31-14-5-2-6-15-31)48-44(29-34)33-22-24-38-36-16-7-8-17-37(36)40-20-11-19-35(47(40)42(38)27-33)32-23-25-46-41(26-32)39-18-9-10-21-45(39)49-46/h3*1-29H. The number of fused-ring (bicyclic) bond motifs is 27. The average molecular weight is 1900 g/mol. The molecule has 6 heteroatoms. The largest absolute Gasteiger partial charge is 0.456 e. The quantitative estimate of drug-likeness (QED) is 0.114. The third kappa shape index (κ3) is 15.5. The van der Waals surface area contributed by atoms with Gasteiger partial charge < -0.3 is 4.42 Å². The monoisotopic (exact) mass is 1900 g/mol. The Morgan fingerprint density at radius 2 is 0.367 bits per heavy atom. The van der Waals surface area contributed by atoms with E-state index in [1.807, 2.05) is 40.9 Å². The van der Waals surface area contributed by atoms with Gasteiger partial charge in [0, 0.05) is 84.5 Å². The summed E-state index contributed by atoms with van der Waals surface area (Å²) >= 11 is 3.74. The van der Waals surface area contributed by atoms with Gasteiger partial charge in [-0.3, -0.25) is 0 Å². The smallest absolute Gasteiger partial charge is 0.136 e. The van der Waals surface area contributed by atoms with Gasteiger partial charge in [-0.1, -0.05) is 425 Å². The highest BCUT2D eigenvalue weighted by molar-refractivity contribution is 7.26. The Balaban J connectivity index is 0.000000107. The first-order valence-electron chi connectivity index (χ1n) is 50.1. The van der Waals surface area contributed by atoms with Gasteiger partial charge in [0.25, 0.3) is 0 Å². The zero-order chi connectivity index (χ0) is 96.9. The second-order valence-electron chi connectivity index (χ2n) is 38.1. The van der Waals surface area contributed by atoms with Crippen LogP contribution in [0.1, 0.15) is 0 Å². The molecular weight excluding hydrogens is 1820 g/mol. The Hall–Kier alpha value is -18.7. The average Bonchev–Trinajstić information content (AvgIpc) is 1.07. The molecule has 0 N–H and O–H groups in total. The van der Waals surface area contributed by atoms with E-state index in [2.05, 4.69) is 510 Å². The van der Waals surface area contributed by atoms with Gasteiger partial charge in [-0.2, -0.15) is 0 Å². The number of hydrogen-bond donors (Lipinski definition) is 0. The molecule has 0 spiro atoms. The third-order valence-corrected chi connectivity index (χ3v) is 31.8. The van der Waals surface area contributed by atoms with Crippen LogP contribution < -0.4 is 0 Å². The van der Waals surface area contributed by atoms with Crippen LogP contribution in [0, 0.1) is 0 Å². The Morgan fingerprint density at radius 3 is 0.762 bits per heavy atom. The summed E-state index contributed by atoms with van der Waals surface area (Å²) in [4.78, 5) is 15.8. The summed E-state index contributed by atoms with van der Waals surface area (Å²) in [5.41, 5.74) is 28.5. The van der Waals surface area contributed by atoms with Crippen LogP contribution in [0.25, 0.3) is 294 Å². The predicted molar refractivity (Wildman–Crippen MR) is 629 cm³/mol. The minimum Gasteiger partial charge on any atom is -0.456 e. The van der Waals surface area contributed by atoms with Crippen LogP contribution in [0.15, 0.2) is 532 Å².